The van der Waals surface area contributed by atoms with Gasteiger partial charge in [0.05, 0.1) is 6.04 Å². The summed E-state index contributed by atoms with van der Waals surface area (Å²) in [7, 11) is 0. The Morgan fingerprint density at radius 2 is 1.78 bits per heavy atom. The molecule has 1 N–H and O–H groups in total. The molecule has 1 amide bonds. The van der Waals surface area contributed by atoms with E-state index in [9.17, 15) is 4.79 Å². The molecule has 2 aliphatic carbocycles. The number of carbonyl (C=O) groups excluding carboxylic acids is 1. The highest BCUT2D eigenvalue weighted by Gasteiger charge is 2.30. The van der Waals surface area contributed by atoms with Crippen LogP contribution >= 0.6 is 0 Å². The van der Waals surface area contributed by atoms with E-state index in [4.69, 9.17) is 0 Å². The van der Waals surface area contributed by atoms with Gasteiger partial charge in [-0.3, -0.25) is 4.79 Å². The third-order valence-corrected chi connectivity index (χ3v) is 6.41. The average molecular weight is 362 g/mol. The highest BCUT2D eigenvalue weighted by atomic mass is 16.1. The number of hydrogen-bond donors (Lipinski definition) is 1. The molecule has 0 aromatic heterocycles. The molecule has 0 radical (unpaired) electrons. The summed E-state index contributed by atoms with van der Waals surface area (Å²) in [5.41, 5.74) is 5.73. The lowest BCUT2D eigenvalue weighted by Crippen LogP contribution is -2.36. The van der Waals surface area contributed by atoms with Crippen LogP contribution in [0.2, 0.25) is 0 Å². The minimum atomic E-state index is 0.0576. The van der Waals surface area contributed by atoms with Crippen molar-refractivity contribution in [3.63, 3.8) is 0 Å². The van der Waals surface area contributed by atoms with E-state index >= 15 is 0 Å². The fourth-order valence-electron chi connectivity index (χ4n) is 4.20. The average Bonchev–Trinajstić information content (AvgIpc) is 3.42. The summed E-state index contributed by atoms with van der Waals surface area (Å²) >= 11 is 0. The zero-order valence-corrected chi connectivity index (χ0v) is 16.6. The maximum atomic E-state index is 12.9. The lowest BCUT2D eigenvalue weighted by atomic mass is 9.77. The first-order chi connectivity index (χ1) is 13.1. The van der Waals surface area contributed by atoms with Crippen LogP contribution in [0.5, 0.6) is 0 Å². The van der Waals surface area contributed by atoms with Crippen LogP contribution in [-0.4, -0.2) is 5.91 Å². The number of benzene rings is 2. The maximum absolute atomic E-state index is 12.9. The zero-order chi connectivity index (χ0) is 18.8. The molecule has 2 aromatic carbocycles. The lowest BCUT2D eigenvalue weighted by molar-refractivity contribution is 0.0900. The Labute approximate surface area is 163 Å². The summed E-state index contributed by atoms with van der Waals surface area (Å²) in [6.07, 6.45) is 9.06. The molecule has 2 fully saturated rings. The molecular formula is C25H31NO. The van der Waals surface area contributed by atoms with E-state index in [0.717, 1.165) is 17.0 Å². The Kier molecular flexibility index (Phi) is 5.33. The van der Waals surface area contributed by atoms with E-state index < -0.39 is 0 Å². The third kappa shape index (κ3) is 4.43. The Morgan fingerprint density at radius 1 is 1.04 bits per heavy atom. The van der Waals surface area contributed by atoms with Gasteiger partial charge in [0.25, 0.3) is 5.91 Å². The molecule has 0 spiro atoms. The second-order valence-electron chi connectivity index (χ2n) is 8.68. The van der Waals surface area contributed by atoms with Crippen LogP contribution in [0, 0.1) is 25.7 Å². The molecule has 2 aromatic rings. The van der Waals surface area contributed by atoms with Crippen LogP contribution in [-0.2, 0) is 6.42 Å². The summed E-state index contributed by atoms with van der Waals surface area (Å²) in [4.78, 5) is 12.9. The predicted octanol–water partition coefficient (Wildman–Crippen LogP) is 5.92. The van der Waals surface area contributed by atoms with Crippen LogP contribution in [0.4, 0.5) is 0 Å². The van der Waals surface area contributed by atoms with Gasteiger partial charge in [0, 0.05) is 5.56 Å². The first-order valence-corrected chi connectivity index (χ1v) is 10.6. The predicted molar refractivity (Wildman–Crippen MR) is 111 cm³/mol. The number of nitrogens with one attached hydrogen (secondary N) is 1. The van der Waals surface area contributed by atoms with Crippen LogP contribution in [0.25, 0.3) is 0 Å². The number of rotatable bonds is 7. The number of hydrogen-bond acceptors (Lipinski definition) is 1. The van der Waals surface area contributed by atoms with Crippen molar-refractivity contribution in [1.29, 1.82) is 0 Å². The van der Waals surface area contributed by atoms with Crippen LogP contribution in [0.15, 0.2) is 42.5 Å². The Bertz CT molecular complexity index is 800. The lowest BCUT2D eigenvalue weighted by Gasteiger charge is -2.35. The van der Waals surface area contributed by atoms with Crippen molar-refractivity contribution in [1.82, 2.24) is 5.32 Å². The summed E-state index contributed by atoms with van der Waals surface area (Å²) < 4.78 is 0. The van der Waals surface area contributed by atoms with E-state index in [2.05, 4.69) is 42.6 Å². The van der Waals surface area contributed by atoms with Crippen LogP contribution in [0.3, 0.4) is 0 Å². The fraction of sp³-hybridized carbons (Fsp3) is 0.480. The molecule has 0 bridgehead atoms. The van der Waals surface area contributed by atoms with Gasteiger partial charge in [-0.1, -0.05) is 61.2 Å². The van der Waals surface area contributed by atoms with Gasteiger partial charge in [0.2, 0.25) is 0 Å². The van der Waals surface area contributed by atoms with Gasteiger partial charge in [-0.15, -0.1) is 0 Å². The Balaban J connectivity index is 1.48. The van der Waals surface area contributed by atoms with Crippen molar-refractivity contribution >= 4 is 5.91 Å². The van der Waals surface area contributed by atoms with Gasteiger partial charge in [-0.25, -0.2) is 0 Å². The highest BCUT2D eigenvalue weighted by Crippen LogP contribution is 2.38. The first kappa shape index (κ1) is 18.3. The maximum Gasteiger partial charge on any atom is 0.252 e. The molecule has 2 heteroatoms. The topological polar surface area (TPSA) is 29.1 Å². The fourth-order valence-corrected chi connectivity index (χ4v) is 4.20. The highest BCUT2D eigenvalue weighted by molar-refractivity contribution is 5.96. The van der Waals surface area contributed by atoms with Crippen molar-refractivity contribution in [2.45, 2.75) is 64.8 Å². The number of amides is 1. The van der Waals surface area contributed by atoms with Gasteiger partial charge in [0.15, 0.2) is 0 Å². The molecule has 4 rings (SSSR count). The van der Waals surface area contributed by atoms with E-state index in [1.54, 1.807) is 0 Å². The molecular weight excluding hydrogens is 330 g/mol. The van der Waals surface area contributed by atoms with Gasteiger partial charge < -0.3 is 5.32 Å². The minimum absolute atomic E-state index is 0.0576. The largest absolute Gasteiger partial charge is 0.345 e. The summed E-state index contributed by atoms with van der Waals surface area (Å²) in [5, 5.41) is 3.35. The SMILES string of the molecule is Cc1ccc(C(=O)NC(c2ccc(CCC3CC3)cc2)C2CCC2)c(C)c1. The molecule has 2 aliphatic rings. The van der Waals surface area contributed by atoms with Gasteiger partial charge >= 0.3 is 0 Å². The van der Waals surface area contributed by atoms with Crippen LogP contribution < -0.4 is 5.32 Å². The third-order valence-electron chi connectivity index (χ3n) is 6.41. The second-order valence-corrected chi connectivity index (χ2v) is 8.68. The molecule has 0 heterocycles. The number of carbonyl (C=O) groups is 1. The molecule has 0 aliphatic heterocycles. The molecule has 1 unspecified atom stereocenters. The van der Waals surface area contributed by atoms with Crippen molar-refractivity contribution in [3.8, 4) is 0 Å². The van der Waals surface area contributed by atoms with Crippen molar-refractivity contribution in [2.75, 3.05) is 0 Å². The smallest absolute Gasteiger partial charge is 0.252 e. The quantitative estimate of drug-likeness (QED) is 0.652. The minimum Gasteiger partial charge on any atom is -0.345 e. The molecule has 0 saturated heterocycles. The molecule has 1 atom stereocenters. The van der Waals surface area contributed by atoms with Crippen molar-refractivity contribution in [2.24, 2.45) is 11.8 Å². The molecule has 27 heavy (non-hydrogen) atoms. The van der Waals surface area contributed by atoms with Crippen molar-refractivity contribution in [3.05, 3.63) is 70.3 Å². The molecule has 2 saturated carbocycles. The van der Waals surface area contributed by atoms with Gasteiger partial charge in [-0.05, 0) is 74.1 Å². The normalized spacial score (nSPS) is 18.0. The van der Waals surface area contributed by atoms with E-state index in [-0.39, 0.29) is 11.9 Å². The number of aryl methyl sites for hydroxylation is 3. The first-order valence-electron chi connectivity index (χ1n) is 10.6. The van der Waals surface area contributed by atoms with Crippen LogP contribution in [0.1, 0.15) is 77.2 Å². The summed E-state index contributed by atoms with van der Waals surface area (Å²) in [6.45, 7) is 4.09. The summed E-state index contributed by atoms with van der Waals surface area (Å²) in [5.74, 6) is 1.60. The molecule has 2 nitrogen and oxygen atoms in total. The van der Waals surface area contributed by atoms with E-state index in [1.165, 1.54) is 61.6 Å². The molecule has 142 valence electrons. The monoisotopic (exact) mass is 361 g/mol. The zero-order valence-electron chi connectivity index (χ0n) is 16.6. The van der Waals surface area contributed by atoms with Crippen molar-refractivity contribution < 1.29 is 4.79 Å². The standard InChI is InChI=1S/C25H31NO/c1-17-6-15-23(18(2)16-17)25(27)26-24(21-4-3-5-21)22-13-11-20(12-14-22)10-9-19-7-8-19/h6,11-16,19,21,24H,3-5,7-10H2,1-2H3,(H,26,27). The van der Waals surface area contributed by atoms with E-state index in [1.807, 2.05) is 19.1 Å². The Morgan fingerprint density at radius 3 is 2.37 bits per heavy atom. The Hall–Kier alpha value is -2.09. The van der Waals surface area contributed by atoms with E-state index in [0.29, 0.717) is 5.92 Å². The van der Waals surface area contributed by atoms with Gasteiger partial charge in [-0.2, -0.15) is 0 Å². The second kappa shape index (κ2) is 7.88. The van der Waals surface area contributed by atoms with Gasteiger partial charge in [0.1, 0.15) is 0 Å². The summed E-state index contributed by atoms with van der Waals surface area (Å²) in [6, 6.07) is 15.2.